The van der Waals surface area contributed by atoms with Crippen molar-refractivity contribution < 1.29 is 4.79 Å². The van der Waals surface area contributed by atoms with E-state index in [0.717, 1.165) is 10.0 Å². The Labute approximate surface area is 116 Å². The molecular weight excluding hydrogens is 292 g/mol. The van der Waals surface area contributed by atoms with Crippen molar-refractivity contribution in [2.75, 3.05) is 6.54 Å². The van der Waals surface area contributed by atoms with E-state index < -0.39 is 0 Å². The van der Waals surface area contributed by atoms with Crippen molar-refractivity contribution in [1.82, 2.24) is 5.32 Å². The molecule has 0 saturated heterocycles. The van der Waals surface area contributed by atoms with Gasteiger partial charge in [-0.15, -0.1) is 0 Å². The molecule has 0 spiro atoms. The van der Waals surface area contributed by atoms with E-state index in [4.69, 9.17) is 5.73 Å². The van der Waals surface area contributed by atoms with Gasteiger partial charge in [0.15, 0.2) is 0 Å². The molecule has 1 amide bonds. The SMILES string of the molecule is CC(CN)(NC(=O)Cc1ccccc1Br)C1CC1. The van der Waals surface area contributed by atoms with Crippen LogP contribution in [0.5, 0.6) is 0 Å². The standard InChI is InChI=1S/C14H19BrN2O/c1-14(9-16,11-6-7-11)17-13(18)8-10-4-2-3-5-12(10)15/h2-5,11H,6-9,16H2,1H3,(H,17,18). The summed E-state index contributed by atoms with van der Waals surface area (Å²) in [5, 5.41) is 3.10. The van der Waals surface area contributed by atoms with Gasteiger partial charge in [0, 0.05) is 11.0 Å². The van der Waals surface area contributed by atoms with Crippen LogP contribution in [0.25, 0.3) is 0 Å². The second kappa shape index (κ2) is 5.41. The Bertz CT molecular complexity index is 445. The number of hydrogen-bond donors (Lipinski definition) is 2. The molecule has 1 aliphatic carbocycles. The lowest BCUT2D eigenvalue weighted by Gasteiger charge is -2.29. The number of nitrogens with two attached hydrogens (primary N) is 1. The van der Waals surface area contributed by atoms with E-state index in [2.05, 4.69) is 21.2 Å². The predicted octanol–water partition coefficient (Wildman–Crippen LogP) is 2.24. The smallest absolute Gasteiger partial charge is 0.224 e. The number of benzene rings is 1. The summed E-state index contributed by atoms with van der Waals surface area (Å²) < 4.78 is 0.973. The molecule has 1 unspecified atom stereocenters. The quantitative estimate of drug-likeness (QED) is 0.876. The van der Waals surface area contributed by atoms with Gasteiger partial charge < -0.3 is 11.1 Å². The van der Waals surface area contributed by atoms with Crippen molar-refractivity contribution in [3.8, 4) is 0 Å². The molecule has 18 heavy (non-hydrogen) atoms. The van der Waals surface area contributed by atoms with E-state index in [0.29, 0.717) is 18.9 Å². The minimum Gasteiger partial charge on any atom is -0.349 e. The molecule has 98 valence electrons. The second-order valence-electron chi connectivity index (χ2n) is 5.21. The monoisotopic (exact) mass is 310 g/mol. The van der Waals surface area contributed by atoms with E-state index in [9.17, 15) is 4.79 Å². The minimum atomic E-state index is -0.238. The molecule has 1 aromatic rings. The highest BCUT2D eigenvalue weighted by Crippen LogP contribution is 2.39. The van der Waals surface area contributed by atoms with Crippen molar-refractivity contribution >= 4 is 21.8 Å². The summed E-state index contributed by atoms with van der Waals surface area (Å²) in [6.45, 7) is 2.54. The number of carbonyl (C=O) groups is 1. The van der Waals surface area contributed by atoms with Crippen LogP contribution in [0.4, 0.5) is 0 Å². The Hall–Kier alpha value is -0.870. The van der Waals surface area contributed by atoms with Gasteiger partial charge in [-0.3, -0.25) is 4.79 Å². The minimum absolute atomic E-state index is 0.0433. The predicted molar refractivity (Wildman–Crippen MR) is 76.2 cm³/mol. The van der Waals surface area contributed by atoms with Gasteiger partial charge in [-0.25, -0.2) is 0 Å². The van der Waals surface area contributed by atoms with E-state index in [1.807, 2.05) is 31.2 Å². The second-order valence-corrected chi connectivity index (χ2v) is 6.07. The summed E-state index contributed by atoms with van der Waals surface area (Å²) in [5.74, 6) is 0.590. The molecule has 2 rings (SSSR count). The Morgan fingerprint density at radius 3 is 2.72 bits per heavy atom. The molecule has 3 nitrogen and oxygen atoms in total. The summed E-state index contributed by atoms with van der Waals surface area (Å²) in [7, 11) is 0. The molecule has 1 aromatic carbocycles. The molecule has 4 heteroatoms. The third kappa shape index (κ3) is 3.12. The van der Waals surface area contributed by atoms with E-state index >= 15 is 0 Å². The summed E-state index contributed by atoms with van der Waals surface area (Å²) in [6.07, 6.45) is 2.73. The molecule has 1 atom stereocenters. The van der Waals surface area contributed by atoms with Gasteiger partial charge in [-0.2, -0.15) is 0 Å². The van der Waals surface area contributed by atoms with E-state index in [1.165, 1.54) is 12.8 Å². The largest absolute Gasteiger partial charge is 0.349 e. The Balaban J connectivity index is 1.98. The first-order valence-electron chi connectivity index (χ1n) is 6.29. The van der Waals surface area contributed by atoms with Gasteiger partial charge in [0.05, 0.1) is 12.0 Å². The molecule has 0 aliphatic heterocycles. The first-order valence-corrected chi connectivity index (χ1v) is 7.09. The molecule has 1 saturated carbocycles. The van der Waals surface area contributed by atoms with Crippen LogP contribution >= 0.6 is 15.9 Å². The molecule has 1 fully saturated rings. The maximum atomic E-state index is 12.1. The summed E-state index contributed by atoms with van der Waals surface area (Å²) in [4.78, 5) is 12.1. The van der Waals surface area contributed by atoms with Crippen LogP contribution in [0.3, 0.4) is 0 Å². The van der Waals surface area contributed by atoms with Crippen LogP contribution in [-0.2, 0) is 11.2 Å². The van der Waals surface area contributed by atoms with Crippen LogP contribution in [0.1, 0.15) is 25.3 Å². The fraction of sp³-hybridized carbons (Fsp3) is 0.500. The lowest BCUT2D eigenvalue weighted by Crippen LogP contribution is -2.53. The van der Waals surface area contributed by atoms with Crippen LogP contribution in [0.15, 0.2) is 28.7 Å². The zero-order valence-corrected chi connectivity index (χ0v) is 12.2. The highest BCUT2D eigenvalue weighted by molar-refractivity contribution is 9.10. The van der Waals surface area contributed by atoms with Crippen LogP contribution < -0.4 is 11.1 Å². The fourth-order valence-electron chi connectivity index (χ4n) is 2.22. The molecule has 3 N–H and O–H groups in total. The van der Waals surface area contributed by atoms with Gasteiger partial charge in [-0.1, -0.05) is 34.1 Å². The Kier molecular flexibility index (Phi) is 4.07. The topological polar surface area (TPSA) is 55.1 Å². The fourth-order valence-corrected chi connectivity index (χ4v) is 2.64. The first kappa shape index (κ1) is 13.6. The molecular formula is C14H19BrN2O. The molecule has 0 heterocycles. The van der Waals surface area contributed by atoms with Crippen molar-refractivity contribution in [1.29, 1.82) is 0 Å². The number of nitrogens with one attached hydrogen (secondary N) is 1. The van der Waals surface area contributed by atoms with Gasteiger partial charge in [-0.05, 0) is 37.3 Å². The number of rotatable bonds is 5. The third-order valence-electron chi connectivity index (χ3n) is 3.64. The van der Waals surface area contributed by atoms with Crippen LogP contribution in [0.2, 0.25) is 0 Å². The number of hydrogen-bond acceptors (Lipinski definition) is 2. The lowest BCUT2D eigenvalue weighted by molar-refractivity contribution is -0.122. The van der Waals surface area contributed by atoms with E-state index in [-0.39, 0.29) is 11.4 Å². The highest BCUT2D eigenvalue weighted by atomic mass is 79.9. The molecule has 0 aromatic heterocycles. The maximum Gasteiger partial charge on any atom is 0.224 e. The average Bonchev–Trinajstić information content (AvgIpc) is 3.16. The van der Waals surface area contributed by atoms with Crippen molar-refractivity contribution in [3.05, 3.63) is 34.3 Å². The van der Waals surface area contributed by atoms with Crippen molar-refractivity contribution in [2.24, 2.45) is 11.7 Å². The number of carbonyl (C=O) groups excluding carboxylic acids is 1. The maximum absolute atomic E-state index is 12.1. The summed E-state index contributed by atoms with van der Waals surface area (Å²) >= 11 is 3.46. The number of amides is 1. The molecule has 0 radical (unpaired) electrons. The zero-order valence-electron chi connectivity index (χ0n) is 10.6. The number of halogens is 1. The third-order valence-corrected chi connectivity index (χ3v) is 4.41. The van der Waals surface area contributed by atoms with Crippen LogP contribution in [0, 0.1) is 5.92 Å². The van der Waals surface area contributed by atoms with E-state index in [1.54, 1.807) is 0 Å². The van der Waals surface area contributed by atoms with Crippen molar-refractivity contribution in [3.63, 3.8) is 0 Å². The highest BCUT2D eigenvalue weighted by Gasteiger charge is 2.41. The molecule has 1 aliphatic rings. The van der Waals surface area contributed by atoms with Gasteiger partial charge in [0.2, 0.25) is 5.91 Å². The zero-order chi connectivity index (χ0) is 13.2. The van der Waals surface area contributed by atoms with Gasteiger partial charge in [0.1, 0.15) is 0 Å². The summed E-state index contributed by atoms with van der Waals surface area (Å²) in [6, 6.07) is 7.79. The first-order chi connectivity index (χ1) is 8.55. The average molecular weight is 311 g/mol. The Morgan fingerprint density at radius 1 is 1.50 bits per heavy atom. The Morgan fingerprint density at radius 2 is 2.17 bits per heavy atom. The summed E-state index contributed by atoms with van der Waals surface area (Å²) in [5.41, 5.74) is 6.56. The van der Waals surface area contributed by atoms with Crippen LogP contribution in [-0.4, -0.2) is 18.0 Å². The van der Waals surface area contributed by atoms with Gasteiger partial charge in [0.25, 0.3) is 0 Å². The lowest BCUT2D eigenvalue weighted by atomic mass is 9.95. The molecule has 0 bridgehead atoms. The normalized spacial score (nSPS) is 18.2. The van der Waals surface area contributed by atoms with Gasteiger partial charge >= 0.3 is 0 Å². The van der Waals surface area contributed by atoms with Crippen molar-refractivity contribution in [2.45, 2.75) is 31.7 Å².